The number of hydrogen-bond donors (Lipinski definition) is 2. The lowest BCUT2D eigenvalue weighted by molar-refractivity contribution is 0.0728. The van der Waals surface area contributed by atoms with Gasteiger partial charge in [-0.1, -0.05) is 63.4 Å². The van der Waals surface area contributed by atoms with E-state index in [1.165, 1.54) is 6.21 Å². The minimum Gasteiger partial charge on any atom is -0.490 e. The largest absolute Gasteiger partial charge is 0.490 e. The summed E-state index contributed by atoms with van der Waals surface area (Å²) in [7, 11) is 0. The summed E-state index contributed by atoms with van der Waals surface area (Å²) >= 11 is 10.0. The van der Waals surface area contributed by atoms with Crippen molar-refractivity contribution in [2.75, 3.05) is 6.61 Å². The molecule has 0 saturated carbocycles. The number of nitrogens with one attached hydrogen (secondary N) is 2. The first kappa shape index (κ1) is 28.1. The van der Waals surface area contributed by atoms with Gasteiger partial charge in [-0.25, -0.2) is 10.2 Å². The summed E-state index contributed by atoms with van der Waals surface area (Å²) in [5.74, 6) is -0.255. The van der Waals surface area contributed by atoms with E-state index in [4.69, 9.17) is 21.1 Å². The maximum absolute atomic E-state index is 13.3. The zero-order chi connectivity index (χ0) is 28.9. The summed E-state index contributed by atoms with van der Waals surface area (Å²) < 4.78 is 12.2. The molecule has 4 aromatic carbocycles. The zero-order valence-electron chi connectivity index (χ0n) is 22.2. The SMILES string of the molecule is CCOc1cc(C=NNC(=O)c2[nH]c3ccc(Br)cc3c2-c2ccccc2Cl)ccc1OC(=O)c1ccc(C)cc1. The number of hydrazone groups is 1. The Morgan fingerprint density at radius 3 is 2.54 bits per heavy atom. The van der Waals surface area contributed by atoms with Crippen molar-refractivity contribution in [1.29, 1.82) is 0 Å². The third-order valence-corrected chi connectivity index (χ3v) is 7.09. The Morgan fingerprint density at radius 2 is 1.78 bits per heavy atom. The van der Waals surface area contributed by atoms with Crippen LogP contribution in [-0.4, -0.2) is 29.7 Å². The summed E-state index contributed by atoms with van der Waals surface area (Å²) in [6.07, 6.45) is 1.49. The van der Waals surface area contributed by atoms with Crippen LogP contribution in [0.4, 0.5) is 0 Å². The molecule has 0 radical (unpaired) electrons. The van der Waals surface area contributed by atoms with E-state index in [0.29, 0.717) is 39.8 Å². The fourth-order valence-electron chi connectivity index (χ4n) is 4.31. The van der Waals surface area contributed by atoms with Crippen LogP contribution in [0.2, 0.25) is 5.02 Å². The molecule has 1 heterocycles. The number of carbonyl (C=O) groups excluding carboxylic acids is 2. The first-order valence-electron chi connectivity index (χ1n) is 12.8. The van der Waals surface area contributed by atoms with Crippen LogP contribution in [0.15, 0.2) is 94.5 Å². The summed E-state index contributed by atoms with van der Waals surface area (Å²) in [6, 6.07) is 25.2. The molecule has 1 aromatic heterocycles. The molecule has 0 aliphatic heterocycles. The highest BCUT2D eigenvalue weighted by Gasteiger charge is 2.21. The van der Waals surface area contributed by atoms with Crippen molar-refractivity contribution < 1.29 is 19.1 Å². The van der Waals surface area contributed by atoms with Crippen LogP contribution >= 0.6 is 27.5 Å². The van der Waals surface area contributed by atoms with Gasteiger partial charge < -0.3 is 14.5 Å². The molecule has 5 rings (SSSR count). The van der Waals surface area contributed by atoms with Crippen LogP contribution in [0, 0.1) is 6.92 Å². The quantitative estimate of drug-likeness (QED) is 0.0788. The highest BCUT2D eigenvalue weighted by atomic mass is 79.9. The molecule has 2 N–H and O–H groups in total. The van der Waals surface area contributed by atoms with Gasteiger partial charge in [0.05, 0.1) is 18.4 Å². The van der Waals surface area contributed by atoms with Crippen molar-refractivity contribution in [2.45, 2.75) is 13.8 Å². The smallest absolute Gasteiger partial charge is 0.343 e. The fourth-order valence-corrected chi connectivity index (χ4v) is 4.90. The fraction of sp³-hybridized carbons (Fsp3) is 0.0938. The molecule has 206 valence electrons. The Labute approximate surface area is 250 Å². The predicted octanol–water partition coefficient (Wildman–Crippen LogP) is 7.94. The van der Waals surface area contributed by atoms with Crippen molar-refractivity contribution in [2.24, 2.45) is 5.10 Å². The Morgan fingerprint density at radius 1 is 1.00 bits per heavy atom. The third-order valence-electron chi connectivity index (χ3n) is 6.27. The summed E-state index contributed by atoms with van der Waals surface area (Å²) in [5.41, 5.74) is 7.24. The van der Waals surface area contributed by atoms with E-state index in [1.807, 2.05) is 62.4 Å². The number of carbonyl (C=O) groups is 2. The molecule has 0 bridgehead atoms. The Hall–Kier alpha value is -4.40. The number of H-pyrrole nitrogens is 1. The van der Waals surface area contributed by atoms with Crippen LogP contribution in [0.3, 0.4) is 0 Å². The monoisotopic (exact) mass is 629 g/mol. The molecular weight excluding hydrogens is 606 g/mol. The van der Waals surface area contributed by atoms with E-state index in [9.17, 15) is 9.59 Å². The van der Waals surface area contributed by atoms with E-state index in [-0.39, 0.29) is 5.75 Å². The molecule has 41 heavy (non-hydrogen) atoms. The van der Waals surface area contributed by atoms with E-state index >= 15 is 0 Å². The average Bonchev–Trinajstić information content (AvgIpc) is 3.33. The van der Waals surface area contributed by atoms with Crippen LogP contribution in [0.5, 0.6) is 11.5 Å². The molecule has 0 spiro atoms. The lowest BCUT2D eigenvalue weighted by Crippen LogP contribution is -2.19. The molecule has 7 nitrogen and oxygen atoms in total. The average molecular weight is 631 g/mol. The second-order valence-electron chi connectivity index (χ2n) is 9.14. The number of hydrogen-bond acceptors (Lipinski definition) is 5. The lowest BCUT2D eigenvalue weighted by atomic mass is 10.0. The molecule has 1 amide bonds. The first-order valence-corrected chi connectivity index (χ1v) is 14.0. The van der Waals surface area contributed by atoms with Crippen LogP contribution in [0.25, 0.3) is 22.0 Å². The molecule has 0 saturated heterocycles. The van der Waals surface area contributed by atoms with Gasteiger partial charge in [-0.2, -0.15) is 5.10 Å². The van der Waals surface area contributed by atoms with Gasteiger partial charge in [-0.3, -0.25) is 4.79 Å². The third kappa shape index (κ3) is 6.34. The second kappa shape index (κ2) is 12.4. The predicted molar refractivity (Wildman–Crippen MR) is 165 cm³/mol. The number of aromatic amines is 1. The summed E-state index contributed by atoms with van der Waals surface area (Å²) in [4.78, 5) is 29.1. The van der Waals surface area contributed by atoms with Crippen molar-refractivity contribution in [3.05, 3.63) is 117 Å². The number of amides is 1. The minimum atomic E-state index is -0.487. The molecular formula is C32H25BrClN3O4. The van der Waals surface area contributed by atoms with Gasteiger partial charge in [0, 0.05) is 31.5 Å². The number of nitrogens with zero attached hydrogens (tertiary/aromatic N) is 1. The van der Waals surface area contributed by atoms with Gasteiger partial charge in [0.25, 0.3) is 5.91 Å². The highest BCUT2D eigenvalue weighted by molar-refractivity contribution is 9.10. The van der Waals surface area contributed by atoms with Gasteiger partial charge >= 0.3 is 5.97 Å². The standard InChI is InChI=1S/C32H25BrClN3O4/c1-3-40-28-16-20(10-15-27(28)41-32(39)21-11-8-19(2)9-12-21)18-35-37-31(38)30-29(23-6-4-5-7-25(23)34)24-17-22(33)13-14-26(24)36-30/h4-18,36H,3H2,1-2H3,(H,37,38). The van der Waals surface area contributed by atoms with Gasteiger partial charge in [-0.15, -0.1) is 0 Å². The molecule has 0 atom stereocenters. The van der Waals surface area contributed by atoms with E-state index < -0.39 is 11.9 Å². The van der Waals surface area contributed by atoms with Gasteiger partial charge in [0.1, 0.15) is 5.69 Å². The van der Waals surface area contributed by atoms with Crippen molar-refractivity contribution in [3.63, 3.8) is 0 Å². The van der Waals surface area contributed by atoms with Gasteiger partial charge in [-0.05, 0) is 74.0 Å². The number of rotatable bonds is 8. The highest BCUT2D eigenvalue weighted by Crippen LogP contribution is 2.37. The van der Waals surface area contributed by atoms with Crippen LogP contribution in [-0.2, 0) is 0 Å². The molecule has 0 aliphatic carbocycles. The Bertz CT molecular complexity index is 1780. The number of aromatic nitrogens is 1. The molecule has 5 aromatic rings. The second-order valence-corrected chi connectivity index (χ2v) is 10.5. The van der Waals surface area contributed by atoms with E-state index in [0.717, 1.165) is 26.5 Å². The lowest BCUT2D eigenvalue weighted by Gasteiger charge is -2.11. The first-order chi connectivity index (χ1) is 19.8. The van der Waals surface area contributed by atoms with E-state index in [2.05, 4.69) is 31.4 Å². The van der Waals surface area contributed by atoms with Crippen molar-refractivity contribution in [3.8, 4) is 22.6 Å². The normalized spacial score (nSPS) is 11.1. The number of halogens is 2. The number of aryl methyl sites for hydroxylation is 1. The maximum Gasteiger partial charge on any atom is 0.343 e. The minimum absolute atomic E-state index is 0.284. The van der Waals surface area contributed by atoms with Crippen LogP contribution < -0.4 is 14.9 Å². The summed E-state index contributed by atoms with van der Waals surface area (Å²) in [6.45, 7) is 4.15. The van der Waals surface area contributed by atoms with Gasteiger partial charge in [0.15, 0.2) is 11.5 Å². The van der Waals surface area contributed by atoms with Gasteiger partial charge in [0.2, 0.25) is 0 Å². The van der Waals surface area contributed by atoms with Crippen LogP contribution in [0.1, 0.15) is 38.9 Å². The van der Waals surface area contributed by atoms with Crippen molar-refractivity contribution >= 4 is 56.5 Å². The topological polar surface area (TPSA) is 92.8 Å². The van der Waals surface area contributed by atoms with E-state index in [1.54, 1.807) is 36.4 Å². The summed E-state index contributed by atoms with van der Waals surface area (Å²) in [5, 5.41) is 5.53. The number of fused-ring (bicyclic) bond motifs is 1. The molecule has 0 aliphatic rings. The molecule has 0 fully saturated rings. The molecule has 0 unspecified atom stereocenters. The number of ether oxygens (including phenoxy) is 2. The number of esters is 1. The maximum atomic E-state index is 13.3. The Kier molecular flexibility index (Phi) is 8.52. The zero-order valence-corrected chi connectivity index (χ0v) is 24.5. The molecule has 9 heteroatoms. The van der Waals surface area contributed by atoms with Crippen molar-refractivity contribution in [1.82, 2.24) is 10.4 Å². The Balaban J connectivity index is 1.37. The number of benzene rings is 4.